The largest absolute Gasteiger partial charge is 0.374 e. The third-order valence-corrected chi connectivity index (χ3v) is 3.41. The van der Waals surface area contributed by atoms with E-state index in [1.807, 2.05) is 6.07 Å². The molecule has 1 atom stereocenters. The zero-order chi connectivity index (χ0) is 15.1. The first-order chi connectivity index (χ1) is 10.2. The van der Waals surface area contributed by atoms with Crippen molar-refractivity contribution in [1.29, 1.82) is 0 Å². The number of benzene rings is 1. The van der Waals surface area contributed by atoms with Crippen LogP contribution in [0.15, 0.2) is 29.3 Å². The Morgan fingerprint density at radius 2 is 2.33 bits per heavy atom. The third kappa shape index (κ3) is 5.32. The molecule has 1 heterocycles. The molecule has 1 fully saturated rings. The molecule has 0 spiro atoms. The first-order valence-electron chi connectivity index (χ1n) is 7.16. The summed E-state index contributed by atoms with van der Waals surface area (Å²) in [6.45, 7) is 3.88. The molecule has 1 aromatic carbocycles. The van der Waals surface area contributed by atoms with Crippen LogP contribution in [0.25, 0.3) is 0 Å². The summed E-state index contributed by atoms with van der Waals surface area (Å²) in [5.74, 6) is 0.465. The molecule has 5 nitrogen and oxygen atoms in total. The van der Waals surface area contributed by atoms with Gasteiger partial charge in [-0.1, -0.05) is 12.1 Å². The fourth-order valence-corrected chi connectivity index (χ4v) is 2.25. The summed E-state index contributed by atoms with van der Waals surface area (Å²) < 4.78 is 18.8. The standard InChI is InChI=1S/C15H23FN4O/c1-17-15(18-9-12-4-3-5-13(16)8-12)19-10-14-11-20(2)6-7-21-14/h3-5,8,14H,6-7,9-11H2,1-2H3,(H2,17,18,19). The highest BCUT2D eigenvalue weighted by Gasteiger charge is 2.17. The SMILES string of the molecule is CN=C(NCc1cccc(F)c1)NCC1CN(C)CCO1. The average molecular weight is 294 g/mol. The molecule has 1 aliphatic rings. The Kier molecular flexibility index (Phi) is 5.95. The van der Waals surface area contributed by atoms with E-state index in [2.05, 4.69) is 27.6 Å². The Bertz CT molecular complexity index is 480. The molecule has 1 aliphatic heterocycles. The van der Waals surface area contributed by atoms with Crippen LogP contribution >= 0.6 is 0 Å². The second kappa shape index (κ2) is 7.95. The summed E-state index contributed by atoms with van der Waals surface area (Å²) in [7, 11) is 3.81. The minimum Gasteiger partial charge on any atom is -0.374 e. The number of hydrogen-bond acceptors (Lipinski definition) is 3. The van der Waals surface area contributed by atoms with Crippen LogP contribution in [0.4, 0.5) is 4.39 Å². The van der Waals surface area contributed by atoms with Gasteiger partial charge >= 0.3 is 0 Å². The quantitative estimate of drug-likeness (QED) is 0.638. The van der Waals surface area contributed by atoms with Gasteiger partial charge in [0, 0.05) is 33.2 Å². The van der Waals surface area contributed by atoms with E-state index in [0.717, 1.165) is 25.3 Å². The molecule has 0 amide bonds. The van der Waals surface area contributed by atoms with Crippen molar-refractivity contribution >= 4 is 5.96 Å². The molecule has 0 aromatic heterocycles. The lowest BCUT2D eigenvalue weighted by Crippen LogP contribution is -2.48. The minimum atomic E-state index is -0.226. The Morgan fingerprint density at radius 1 is 1.48 bits per heavy atom. The van der Waals surface area contributed by atoms with Crippen molar-refractivity contribution in [3.63, 3.8) is 0 Å². The minimum absolute atomic E-state index is 0.163. The van der Waals surface area contributed by atoms with Gasteiger partial charge in [0.2, 0.25) is 0 Å². The summed E-state index contributed by atoms with van der Waals surface area (Å²) in [5.41, 5.74) is 0.881. The second-order valence-electron chi connectivity index (χ2n) is 5.19. The molecule has 2 N–H and O–H groups in total. The highest BCUT2D eigenvalue weighted by Crippen LogP contribution is 2.03. The topological polar surface area (TPSA) is 48.9 Å². The van der Waals surface area contributed by atoms with Crippen molar-refractivity contribution in [2.45, 2.75) is 12.6 Å². The van der Waals surface area contributed by atoms with E-state index in [0.29, 0.717) is 19.0 Å². The maximum atomic E-state index is 13.1. The van der Waals surface area contributed by atoms with Gasteiger partial charge in [0.1, 0.15) is 5.82 Å². The van der Waals surface area contributed by atoms with Gasteiger partial charge in [0.25, 0.3) is 0 Å². The monoisotopic (exact) mass is 294 g/mol. The van der Waals surface area contributed by atoms with Crippen LogP contribution in [0.1, 0.15) is 5.56 Å². The van der Waals surface area contributed by atoms with E-state index >= 15 is 0 Å². The molecule has 6 heteroatoms. The number of guanidine groups is 1. The zero-order valence-corrected chi connectivity index (χ0v) is 12.6. The number of nitrogens with zero attached hydrogens (tertiary/aromatic N) is 2. The summed E-state index contributed by atoms with van der Waals surface area (Å²) in [4.78, 5) is 6.41. The van der Waals surface area contributed by atoms with E-state index in [1.54, 1.807) is 13.1 Å². The zero-order valence-electron chi connectivity index (χ0n) is 12.6. The summed E-state index contributed by atoms with van der Waals surface area (Å²) >= 11 is 0. The number of hydrogen-bond donors (Lipinski definition) is 2. The number of ether oxygens (including phenoxy) is 1. The first kappa shape index (κ1) is 15.7. The van der Waals surface area contributed by atoms with Crippen LogP contribution in [-0.2, 0) is 11.3 Å². The lowest BCUT2D eigenvalue weighted by atomic mass is 10.2. The van der Waals surface area contributed by atoms with E-state index in [1.165, 1.54) is 12.1 Å². The van der Waals surface area contributed by atoms with Crippen molar-refractivity contribution in [3.8, 4) is 0 Å². The van der Waals surface area contributed by atoms with E-state index in [9.17, 15) is 4.39 Å². The highest BCUT2D eigenvalue weighted by molar-refractivity contribution is 5.79. The number of morpholine rings is 1. The fourth-order valence-electron chi connectivity index (χ4n) is 2.25. The average Bonchev–Trinajstić information content (AvgIpc) is 2.47. The van der Waals surface area contributed by atoms with Crippen molar-refractivity contribution in [3.05, 3.63) is 35.6 Å². The van der Waals surface area contributed by atoms with Crippen molar-refractivity contribution < 1.29 is 9.13 Å². The predicted octanol–water partition coefficient (Wildman–Crippen LogP) is 0.821. The van der Waals surface area contributed by atoms with Crippen LogP contribution in [0.3, 0.4) is 0 Å². The molecule has 2 rings (SSSR count). The van der Waals surface area contributed by atoms with Crippen molar-refractivity contribution in [2.75, 3.05) is 40.3 Å². The lowest BCUT2D eigenvalue weighted by molar-refractivity contribution is -0.0161. The Hall–Kier alpha value is -1.66. The molecule has 1 unspecified atom stereocenters. The normalized spacial score (nSPS) is 20.3. The van der Waals surface area contributed by atoms with Gasteiger partial charge in [0.15, 0.2) is 5.96 Å². The summed E-state index contributed by atoms with van der Waals surface area (Å²) in [6, 6.07) is 6.53. The Balaban J connectivity index is 1.75. The predicted molar refractivity (Wildman–Crippen MR) is 81.8 cm³/mol. The Morgan fingerprint density at radius 3 is 3.05 bits per heavy atom. The molecule has 1 saturated heterocycles. The maximum absolute atomic E-state index is 13.1. The molecule has 0 radical (unpaired) electrons. The molecule has 0 aliphatic carbocycles. The molecular weight excluding hydrogens is 271 g/mol. The smallest absolute Gasteiger partial charge is 0.191 e. The van der Waals surface area contributed by atoms with Crippen LogP contribution in [0.2, 0.25) is 0 Å². The third-order valence-electron chi connectivity index (χ3n) is 3.41. The van der Waals surface area contributed by atoms with Gasteiger partial charge in [-0.15, -0.1) is 0 Å². The molecular formula is C15H23FN4O. The van der Waals surface area contributed by atoms with Crippen LogP contribution in [0.5, 0.6) is 0 Å². The molecule has 0 bridgehead atoms. The maximum Gasteiger partial charge on any atom is 0.191 e. The molecule has 116 valence electrons. The van der Waals surface area contributed by atoms with E-state index in [4.69, 9.17) is 4.74 Å². The number of nitrogens with one attached hydrogen (secondary N) is 2. The number of halogens is 1. The van der Waals surface area contributed by atoms with Gasteiger partial charge < -0.3 is 20.3 Å². The Labute approximate surface area is 125 Å². The first-order valence-corrected chi connectivity index (χ1v) is 7.16. The van der Waals surface area contributed by atoms with Gasteiger partial charge in [-0.25, -0.2) is 4.39 Å². The fraction of sp³-hybridized carbons (Fsp3) is 0.533. The summed E-state index contributed by atoms with van der Waals surface area (Å²) in [6.07, 6.45) is 0.163. The van der Waals surface area contributed by atoms with Crippen LogP contribution in [-0.4, -0.2) is 57.3 Å². The van der Waals surface area contributed by atoms with Crippen molar-refractivity contribution in [1.82, 2.24) is 15.5 Å². The summed E-state index contributed by atoms with van der Waals surface area (Å²) in [5, 5.41) is 6.40. The number of aliphatic imine (C=N–C) groups is 1. The molecule has 1 aromatic rings. The number of likely N-dealkylation sites (N-methyl/N-ethyl adjacent to an activating group) is 1. The van der Waals surface area contributed by atoms with Gasteiger partial charge in [-0.3, -0.25) is 4.99 Å². The number of rotatable bonds is 4. The molecule has 0 saturated carbocycles. The van der Waals surface area contributed by atoms with Crippen LogP contribution in [0, 0.1) is 5.82 Å². The van der Waals surface area contributed by atoms with Gasteiger partial charge in [-0.2, -0.15) is 0 Å². The lowest BCUT2D eigenvalue weighted by Gasteiger charge is -2.30. The van der Waals surface area contributed by atoms with Gasteiger partial charge in [-0.05, 0) is 24.7 Å². The van der Waals surface area contributed by atoms with Crippen molar-refractivity contribution in [2.24, 2.45) is 4.99 Å². The second-order valence-corrected chi connectivity index (χ2v) is 5.19. The molecule has 21 heavy (non-hydrogen) atoms. The van der Waals surface area contributed by atoms with E-state index in [-0.39, 0.29) is 11.9 Å². The van der Waals surface area contributed by atoms with E-state index < -0.39 is 0 Å². The van der Waals surface area contributed by atoms with Crippen LogP contribution < -0.4 is 10.6 Å². The van der Waals surface area contributed by atoms with Gasteiger partial charge in [0.05, 0.1) is 12.7 Å². The highest BCUT2D eigenvalue weighted by atomic mass is 19.1.